The van der Waals surface area contributed by atoms with Gasteiger partial charge in [0.25, 0.3) is 0 Å². The van der Waals surface area contributed by atoms with Crippen LogP contribution in [0.2, 0.25) is 0 Å². The van der Waals surface area contributed by atoms with Gasteiger partial charge in [-0.25, -0.2) is 13.2 Å². The lowest BCUT2D eigenvalue weighted by Gasteiger charge is -2.46. The number of phenolic OH excluding ortho intramolecular Hbond substituents is 1. The van der Waals surface area contributed by atoms with Crippen molar-refractivity contribution in [2.24, 2.45) is 5.92 Å². The minimum absolute atomic E-state index is 0.0297. The van der Waals surface area contributed by atoms with Gasteiger partial charge in [0.15, 0.2) is 11.6 Å². The monoisotopic (exact) mass is 425 g/mol. The highest BCUT2D eigenvalue weighted by Gasteiger charge is 2.44. The van der Waals surface area contributed by atoms with E-state index in [0.717, 1.165) is 4.90 Å². The van der Waals surface area contributed by atoms with Crippen LogP contribution in [-0.4, -0.2) is 59.6 Å². The number of carbonyl (C=O) groups is 1. The molecule has 2 N–H and O–H groups in total. The molecule has 162 valence electrons. The van der Waals surface area contributed by atoms with E-state index in [1.54, 1.807) is 12.1 Å². The summed E-state index contributed by atoms with van der Waals surface area (Å²) < 4.78 is 63.6. The summed E-state index contributed by atoms with van der Waals surface area (Å²) in [7, 11) is 1.37. The molecule has 1 amide bonds. The Balaban J connectivity index is 1.86. The Morgan fingerprint density at radius 1 is 1.27 bits per heavy atom. The fraction of sp³-hybridized carbons (Fsp3) is 0.409. The molecular formula is C22H25F3N2O3. The third-order valence-electron chi connectivity index (χ3n) is 5.50. The van der Waals surface area contributed by atoms with Crippen molar-refractivity contribution in [3.05, 3.63) is 65.0 Å². The van der Waals surface area contributed by atoms with Crippen molar-refractivity contribution in [3.63, 3.8) is 0 Å². The Kier molecular flexibility index (Phi) is 5.25. The first kappa shape index (κ1) is 18.2. The van der Waals surface area contributed by atoms with E-state index in [1.165, 1.54) is 24.1 Å². The van der Waals surface area contributed by atoms with Gasteiger partial charge in [-0.05, 0) is 44.2 Å². The zero-order valence-electron chi connectivity index (χ0n) is 19.4. The quantitative estimate of drug-likeness (QED) is 0.723. The van der Waals surface area contributed by atoms with Crippen LogP contribution < -0.4 is 0 Å². The highest BCUT2D eigenvalue weighted by molar-refractivity contribution is 5.79. The smallest absolute Gasteiger partial charge is 0.227 e. The lowest BCUT2D eigenvalue weighted by Crippen LogP contribution is -2.54. The minimum atomic E-state index is -2.44. The van der Waals surface area contributed by atoms with Gasteiger partial charge in [0.05, 0.1) is 12.0 Å². The molecule has 1 heterocycles. The number of nitrogens with zero attached hydrogens (tertiary/aromatic N) is 2. The van der Waals surface area contributed by atoms with Crippen LogP contribution in [0.4, 0.5) is 13.2 Å². The topological polar surface area (TPSA) is 64.0 Å². The standard InChI is InChI=1S/C22H25F3N2O3/c1-26(2)12-16-13-27(7-6-22(16,30)15-4-3-5-17(28)10-15)21(29)9-14-8-19(24)20(25)11-18(14)23/h3-5,8,10-11,16,28,30H,6-7,9,12-13H2,1-2H3/i1D3. The largest absolute Gasteiger partial charge is 0.508 e. The number of aromatic hydroxyl groups is 1. The molecule has 5 nitrogen and oxygen atoms in total. The van der Waals surface area contributed by atoms with Gasteiger partial charge in [-0.2, -0.15) is 0 Å². The highest BCUT2D eigenvalue weighted by atomic mass is 19.2. The lowest BCUT2D eigenvalue weighted by molar-refractivity contribution is -0.141. The summed E-state index contributed by atoms with van der Waals surface area (Å²) in [6.07, 6.45) is -0.489. The van der Waals surface area contributed by atoms with Crippen molar-refractivity contribution >= 4 is 5.91 Å². The molecule has 0 bridgehead atoms. The van der Waals surface area contributed by atoms with Gasteiger partial charge < -0.3 is 20.0 Å². The molecule has 1 aliphatic rings. The zero-order valence-corrected chi connectivity index (χ0v) is 16.4. The summed E-state index contributed by atoms with van der Waals surface area (Å²) in [6.45, 7) is -2.55. The van der Waals surface area contributed by atoms with Gasteiger partial charge in [0, 0.05) is 41.3 Å². The fourth-order valence-corrected chi connectivity index (χ4v) is 3.91. The van der Waals surface area contributed by atoms with E-state index in [1.807, 2.05) is 0 Å². The Morgan fingerprint density at radius 3 is 2.70 bits per heavy atom. The number of hydrogen-bond donors (Lipinski definition) is 2. The van der Waals surface area contributed by atoms with Crippen molar-refractivity contribution in [1.29, 1.82) is 0 Å². The van der Waals surface area contributed by atoms with E-state index in [0.29, 0.717) is 17.7 Å². The Bertz CT molecular complexity index is 1040. The first-order chi connectivity index (χ1) is 15.3. The first-order valence-corrected chi connectivity index (χ1v) is 9.45. The average molecular weight is 425 g/mol. The molecule has 1 saturated heterocycles. The number of hydrogen-bond acceptors (Lipinski definition) is 4. The number of piperidine rings is 1. The third kappa shape index (κ3) is 4.60. The molecule has 2 unspecified atom stereocenters. The second kappa shape index (κ2) is 8.65. The Labute approximate surface area is 177 Å². The van der Waals surface area contributed by atoms with Crippen LogP contribution in [0.25, 0.3) is 0 Å². The van der Waals surface area contributed by atoms with E-state index in [4.69, 9.17) is 4.11 Å². The maximum Gasteiger partial charge on any atom is 0.227 e. The van der Waals surface area contributed by atoms with E-state index >= 15 is 0 Å². The van der Waals surface area contributed by atoms with Crippen LogP contribution in [-0.2, 0) is 16.8 Å². The number of benzene rings is 2. The van der Waals surface area contributed by atoms with Gasteiger partial charge in [-0.3, -0.25) is 4.79 Å². The second-order valence-electron chi connectivity index (χ2n) is 7.68. The second-order valence-corrected chi connectivity index (χ2v) is 7.68. The van der Waals surface area contributed by atoms with E-state index < -0.39 is 48.3 Å². The SMILES string of the molecule is [2H]C([2H])([2H])N(C)CC1CN(C(=O)Cc2cc(F)c(F)cc2F)CCC1(O)c1cccc(O)c1. The van der Waals surface area contributed by atoms with Gasteiger partial charge in [0.2, 0.25) is 5.91 Å². The lowest BCUT2D eigenvalue weighted by atomic mass is 9.75. The maximum absolute atomic E-state index is 14.0. The number of likely N-dealkylation sites (tertiary alicyclic amines) is 1. The third-order valence-corrected chi connectivity index (χ3v) is 5.50. The molecule has 3 rings (SSSR count). The molecule has 0 saturated carbocycles. The molecule has 0 aromatic heterocycles. The van der Waals surface area contributed by atoms with Crippen molar-refractivity contribution in [3.8, 4) is 5.75 Å². The molecule has 2 aromatic rings. The van der Waals surface area contributed by atoms with Crippen molar-refractivity contribution in [2.75, 3.05) is 33.7 Å². The van der Waals surface area contributed by atoms with Crippen molar-refractivity contribution in [2.45, 2.75) is 18.4 Å². The summed E-state index contributed by atoms with van der Waals surface area (Å²) in [5.74, 6) is -5.08. The van der Waals surface area contributed by atoms with Crippen LogP contribution in [0, 0.1) is 23.4 Å². The normalized spacial score (nSPS) is 23.7. The van der Waals surface area contributed by atoms with Crippen molar-refractivity contribution < 1.29 is 32.3 Å². The summed E-state index contributed by atoms with van der Waals surface area (Å²) >= 11 is 0. The fourth-order valence-electron chi connectivity index (χ4n) is 3.91. The van der Waals surface area contributed by atoms with E-state index in [2.05, 4.69) is 0 Å². The molecular weight excluding hydrogens is 397 g/mol. The number of aliphatic hydroxyl groups is 1. The number of halogens is 3. The number of phenols is 1. The number of carbonyl (C=O) groups excluding carboxylic acids is 1. The van der Waals surface area contributed by atoms with Crippen LogP contribution in [0.3, 0.4) is 0 Å². The molecule has 0 aliphatic carbocycles. The van der Waals surface area contributed by atoms with Crippen LogP contribution in [0.5, 0.6) is 5.75 Å². The van der Waals surface area contributed by atoms with Crippen molar-refractivity contribution in [1.82, 2.24) is 9.80 Å². The molecule has 0 radical (unpaired) electrons. The molecule has 30 heavy (non-hydrogen) atoms. The molecule has 0 spiro atoms. The molecule has 1 fully saturated rings. The molecule has 1 aliphatic heterocycles. The van der Waals surface area contributed by atoms with Gasteiger partial charge in [-0.15, -0.1) is 0 Å². The first-order valence-electron chi connectivity index (χ1n) is 11.0. The summed E-state index contributed by atoms with van der Waals surface area (Å²) in [6, 6.07) is 6.99. The number of amides is 1. The van der Waals surface area contributed by atoms with Crippen LogP contribution in [0.15, 0.2) is 36.4 Å². The Hall–Kier alpha value is -2.58. The van der Waals surface area contributed by atoms with Gasteiger partial charge in [-0.1, -0.05) is 12.1 Å². The maximum atomic E-state index is 14.0. The Morgan fingerprint density at radius 2 is 2.00 bits per heavy atom. The molecule has 2 aromatic carbocycles. The molecule has 2 atom stereocenters. The summed E-state index contributed by atoms with van der Waals surface area (Å²) in [5, 5.41) is 21.4. The van der Waals surface area contributed by atoms with E-state index in [-0.39, 0.29) is 37.4 Å². The predicted molar refractivity (Wildman–Crippen MR) is 105 cm³/mol. The zero-order chi connectivity index (χ0) is 24.6. The molecule has 8 heteroatoms. The minimum Gasteiger partial charge on any atom is -0.508 e. The average Bonchev–Trinajstić information content (AvgIpc) is 2.72. The van der Waals surface area contributed by atoms with E-state index in [9.17, 15) is 28.2 Å². The summed E-state index contributed by atoms with van der Waals surface area (Å²) in [5.41, 5.74) is -1.46. The summed E-state index contributed by atoms with van der Waals surface area (Å²) in [4.78, 5) is 15.3. The van der Waals surface area contributed by atoms with Gasteiger partial charge >= 0.3 is 0 Å². The predicted octanol–water partition coefficient (Wildman–Crippen LogP) is 2.65. The van der Waals surface area contributed by atoms with Crippen LogP contribution in [0.1, 0.15) is 21.7 Å². The van der Waals surface area contributed by atoms with Crippen LogP contribution >= 0.6 is 0 Å². The highest BCUT2D eigenvalue weighted by Crippen LogP contribution is 2.39. The van der Waals surface area contributed by atoms with Gasteiger partial charge in [0.1, 0.15) is 11.6 Å². The number of rotatable bonds is 5.